The SMILES string of the molecule is CCN(CCCO)C(=O)C(C)Oc1ccc(OC)cc1. The summed E-state index contributed by atoms with van der Waals surface area (Å²) in [6.45, 7) is 4.87. The van der Waals surface area contributed by atoms with Gasteiger partial charge in [-0.25, -0.2) is 0 Å². The Morgan fingerprint density at radius 2 is 1.90 bits per heavy atom. The van der Waals surface area contributed by atoms with E-state index in [0.717, 1.165) is 5.75 Å². The van der Waals surface area contributed by atoms with E-state index in [4.69, 9.17) is 14.6 Å². The van der Waals surface area contributed by atoms with E-state index >= 15 is 0 Å². The van der Waals surface area contributed by atoms with Gasteiger partial charge in [0.15, 0.2) is 6.10 Å². The van der Waals surface area contributed by atoms with Crippen molar-refractivity contribution in [2.45, 2.75) is 26.4 Å². The van der Waals surface area contributed by atoms with Gasteiger partial charge in [-0.05, 0) is 44.5 Å². The normalized spacial score (nSPS) is 11.8. The lowest BCUT2D eigenvalue weighted by Gasteiger charge is -2.24. The van der Waals surface area contributed by atoms with Gasteiger partial charge in [0.2, 0.25) is 0 Å². The summed E-state index contributed by atoms with van der Waals surface area (Å²) in [4.78, 5) is 13.9. The van der Waals surface area contributed by atoms with Crippen molar-refractivity contribution < 1.29 is 19.4 Å². The number of likely N-dealkylation sites (N-methyl/N-ethyl adjacent to an activating group) is 1. The largest absolute Gasteiger partial charge is 0.497 e. The molecule has 0 aliphatic carbocycles. The van der Waals surface area contributed by atoms with Gasteiger partial charge in [0.05, 0.1) is 7.11 Å². The number of aliphatic hydroxyl groups is 1. The summed E-state index contributed by atoms with van der Waals surface area (Å²) in [7, 11) is 1.60. The fourth-order valence-corrected chi connectivity index (χ4v) is 1.85. The molecule has 0 bridgehead atoms. The summed E-state index contributed by atoms with van der Waals surface area (Å²) < 4.78 is 10.7. The summed E-state index contributed by atoms with van der Waals surface area (Å²) in [5, 5.41) is 8.83. The molecule has 0 aliphatic rings. The molecular formula is C15H23NO4. The maximum Gasteiger partial charge on any atom is 0.263 e. The van der Waals surface area contributed by atoms with Crippen LogP contribution in [0.15, 0.2) is 24.3 Å². The van der Waals surface area contributed by atoms with Crippen LogP contribution in [0.3, 0.4) is 0 Å². The number of benzene rings is 1. The summed E-state index contributed by atoms with van der Waals surface area (Å²) >= 11 is 0. The Hall–Kier alpha value is -1.75. The Kier molecular flexibility index (Phi) is 6.87. The molecule has 0 aliphatic heterocycles. The van der Waals surface area contributed by atoms with Crippen LogP contribution < -0.4 is 9.47 Å². The highest BCUT2D eigenvalue weighted by molar-refractivity contribution is 5.80. The molecule has 5 heteroatoms. The van der Waals surface area contributed by atoms with Crippen LogP contribution >= 0.6 is 0 Å². The predicted molar refractivity (Wildman–Crippen MR) is 77.0 cm³/mol. The molecule has 0 spiro atoms. The van der Waals surface area contributed by atoms with Crippen LogP contribution in [0.5, 0.6) is 11.5 Å². The fraction of sp³-hybridized carbons (Fsp3) is 0.533. The van der Waals surface area contributed by atoms with Gasteiger partial charge in [-0.15, -0.1) is 0 Å². The van der Waals surface area contributed by atoms with Gasteiger partial charge in [-0.1, -0.05) is 0 Å². The molecule has 1 N–H and O–H groups in total. The highest BCUT2D eigenvalue weighted by Gasteiger charge is 2.20. The molecule has 0 saturated heterocycles. The zero-order chi connectivity index (χ0) is 15.0. The lowest BCUT2D eigenvalue weighted by Crippen LogP contribution is -2.41. The Morgan fingerprint density at radius 1 is 1.30 bits per heavy atom. The lowest BCUT2D eigenvalue weighted by molar-refractivity contribution is -0.137. The predicted octanol–water partition coefficient (Wildman–Crippen LogP) is 1.69. The summed E-state index contributed by atoms with van der Waals surface area (Å²) in [5.74, 6) is 1.30. The molecule has 5 nitrogen and oxygen atoms in total. The lowest BCUT2D eigenvalue weighted by atomic mass is 10.3. The van der Waals surface area contributed by atoms with E-state index in [9.17, 15) is 4.79 Å². The first-order valence-corrected chi connectivity index (χ1v) is 6.82. The first kappa shape index (κ1) is 16.3. The molecule has 1 aromatic carbocycles. The molecule has 1 rings (SSSR count). The van der Waals surface area contributed by atoms with Crippen molar-refractivity contribution in [1.82, 2.24) is 4.90 Å². The molecule has 1 atom stereocenters. The number of carbonyl (C=O) groups excluding carboxylic acids is 1. The standard InChI is InChI=1S/C15H23NO4/c1-4-16(10-5-11-17)15(18)12(2)20-14-8-6-13(19-3)7-9-14/h6-9,12,17H,4-5,10-11H2,1-3H3. The van der Waals surface area contributed by atoms with Crippen molar-refractivity contribution >= 4 is 5.91 Å². The molecule has 0 aromatic heterocycles. The molecule has 1 unspecified atom stereocenters. The number of rotatable bonds is 8. The van der Waals surface area contributed by atoms with E-state index in [1.807, 2.05) is 6.92 Å². The Bertz CT molecular complexity index is 405. The van der Waals surface area contributed by atoms with Crippen LogP contribution in [-0.4, -0.2) is 48.8 Å². The Balaban J connectivity index is 2.58. The highest BCUT2D eigenvalue weighted by Crippen LogP contribution is 2.18. The summed E-state index contributed by atoms with van der Waals surface area (Å²) in [5.41, 5.74) is 0. The van der Waals surface area contributed by atoms with Gasteiger partial charge in [-0.2, -0.15) is 0 Å². The minimum absolute atomic E-state index is 0.0724. The first-order valence-electron chi connectivity index (χ1n) is 6.82. The van der Waals surface area contributed by atoms with Crippen LogP contribution in [0.1, 0.15) is 20.3 Å². The summed E-state index contributed by atoms with van der Waals surface area (Å²) in [6, 6.07) is 7.12. The third kappa shape index (κ3) is 4.74. The van der Waals surface area contributed by atoms with E-state index in [-0.39, 0.29) is 12.5 Å². The average molecular weight is 281 g/mol. The van der Waals surface area contributed by atoms with Gasteiger partial charge in [0.1, 0.15) is 11.5 Å². The minimum Gasteiger partial charge on any atom is -0.497 e. The molecule has 0 saturated carbocycles. The zero-order valence-corrected chi connectivity index (χ0v) is 12.3. The molecule has 1 amide bonds. The van der Waals surface area contributed by atoms with Crippen molar-refractivity contribution in [3.63, 3.8) is 0 Å². The fourth-order valence-electron chi connectivity index (χ4n) is 1.85. The highest BCUT2D eigenvalue weighted by atomic mass is 16.5. The van der Waals surface area contributed by atoms with Crippen molar-refractivity contribution in [3.05, 3.63) is 24.3 Å². The number of hydrogen-bond acceptors (Lipinski definition) is 4. The molecular weight excluding hydrogens is 258 g/mol. The molecule has 0 heterocycles. The smallest absolute Gasteiger partial charge is 0.263 e. The van der Waals surface area contributed by atoms with Crippen LogP contribution in [0.2, 0.25) is 0 Å². The van der Waals surface area contributed by atoms with Gasteiger partial charge >= 0.3 is 0 Å². The number of methoxy groups -OCH3 is 1. The van der Waals surface area contributed by atoms with E-state index in [0.29, 0.717) is 25.3 Å². The zero-order valence-electron chi connectivity index (χ0n) is 12.3. The van der Waals surface area contributed by atoms with Crippen molar-refractivity contribution in [1.29, 1.82) is 0 Å². The Labute approximate surface area is 120 Å². The number of nitrogens with zero attached hydrogens (tertiary/aromatic N) is 1. The summed E-state index contributed by atoms with van der Waals surface area (Å²) in [6.07, 6.45) is 0.0245. The third-order valence-corrected chi connectivity index (χ3v) is 3.00. The van der Waals surface area contributed by atoms with Crippen molar-refractivity contribution in [3.8, 4) is 11.5 Å². The monoisotopic (exact) mass is 281 g/mol. The van der Waals surface area contributed by atoms with Gasteiger partial charge in [-0.3, -0.25) is 4.79 Å². The number of hydrogen-bond donors (Lipinski definition) is 1. The first-order chi connectivity index (χ1) is 9.62. The molecule has 1 aromatic rings. The van der Waals surface area contributed by atoms with Crippen LogP contribution in [-0.2, 0) is 4.79 Å². The van der Waals surface area contributed by atoms with E-state index in [1.165, 1.54) is 0 Å². The van der Waals surface area contributed by atoms with Gasteiger partial charge in [0, 0.05) is 19.7 Å². The number of amides is 1. The van der Waals surface area contributed by atoms with Crippen molar-refractivity contribution in [2.75, 3.05) is 26.8 Å². The second-order valence-corrected chi connectivity index (χ2v) is 4.43. The number of carbonyl (C=O) groups is 1. The number of aliphatic hydroxyl groups excluding tert-OH is 1. The second kappa shape index (κ2) is 8.43. The maximum absolute atomic E-state index is 12.2. The van der Waals surface area contributed by atoms with Crippen LogP contribution in [0, 0.1) is 0 Å². The minimum atomic E-state index is -0.554. The van der Waals surface area contributed by atoms with Crippen molar-refractivity contribution in [2.24, 2.45) is 0 Å². The maximum atomic E-state index is 12.2. The Morgan fingerprint density at radius 3 is 2.40 bits per heavy atom. The van der Waals surface area contributed by atoms with Gasteiger partial charge in [0.25, 0.3) is 5.91 Å². The third-order valence-electron chi connectivity index (χ3n) is 3.00. The molecule has 20 heavy (non-hydrogen) atoms. The topological polar surface area (TPSA) is 59.0 Å². The van der Waals surface area contributed by atoms with E-state index in [1.54, 1.807) is 43.2 Å². The molecule has 0 radical (unpaired) electrons. The van der Waals surface area contributed by atoms with E-state index in [2.05, 4.69) is 0 Å². The van der Waals surface area contributed by atoms with E-state index < -0.39 is 6.10 Å². The quantitative estimate of drug-likeness (QED) is 0.788. The van der Waals surface area contributed by atoms with Crippen LogP contribution in [0.4, 0.5) is 0 Å². The number of ether oxygens (including phenoxy) is 2. The molecule has 112 valence electrons. The average Bonchev–Trinajstić information content (AvgIpc) is 2.48. The van der Waals surface area contributed by atoms with Gasteiger partial charge < -0.3 is 19.5 Å². The van der Waals surface area contributed by atoms with Crippen LogP contribution in [0.25, 0.3) is 0 Å². The second-order valence-electron chi connectivity index (χ2n) is 4.43. The molecule has 0 fully saturated rings.